The third-order valence-corrected chi connectivity index (χ3v) is 8.17. The molecule has 2 fully saturated rings. The smallest absolute Gasteiger partial charge is 0.265 e. The highest BCUT2D eigenvalue weighted by Gasteiger charge is 2.47. The summed E-state index contributed by atoms with van der Waals surface area (Å²) in [5, 5.41) is 1.96. The average Bonchev–Trinajstić information content (AvgIpc) is 3.33. The van der Waals surface area contributed by atoms with Crippen molar-refractivity contribution in [3.8, 4) is 0 Å². The first kappa shape index (κ1) is 19.7. The molecule has 1 aromatic heterocycles. The number of likely N-dealkylation sites (tertiary alicyclic amines) is 1. The van der Waals surface area contributed by atoms with Crippen molar-refractivity contribution in [2.75, 3.05) is 25.4 Å². The molecule has 144 valence electrons. The molecule has 2 saturated heterocycles. The lowest BCUT2D eigenvalue weighted by Gasteiger charge is -2.44. The number of hydrogen-bond donors (Lipinski definition) is 0. The van der Waals surface area contributed by atoms with Crippen LogP contribution >= 0.6 is 23.1 Å². The Labute approximate surface area is 165 Å². The average molecular weight is 395 g/mol. The second-order valence-corrected chi connectivity index (χ2v) is 9.71. The predicted octanol–water partition coefficient (Wildman–Crippen LogP) is 4.47. The molecular weight excluding hydrogens is 364 g/mol. The fourth-order valence-electron chi connectivity index (χ4n) is 4.13. The van der Waals surface area contributed by atoms with Gasteiger partial charge in [0.05, 0.1) is 9.75 Å². The van der Waals surface area contributed by atoms with Gasteiger partial charge in [-0.3, -0.25) is 9.59 Å². The van der Waals surface area contributed by atoms with Crippen LogP contribution in [0.3, 0.4) is 0 Å². The van der Waals surface area contributed by atoms with E-state index in [0.29, 0.717) is 5.91 Å². The van der Waals surface area contributed by atoms with Gasteiger partial charge in [-0.15, -0.1) is 23.1 Å². The van der Waals surface area contributed by atoms with Crippen LogP contribution in [0.15, 0.2) is 17.5 Å². The molecule has 2 amide bonds. The number of amides is 2. The van der Waals surface area contributed by atoms with Crippen LogP contribution in [0, 0.1) is 5.92 Å². The monoisotopic (exact) mass is 394 g/mol. The molecule has 0 aromatic carbocycles. The zero-order valence-electron chi connectivity index (χ0n) is 15.9. The van der Waals surface area contributed by atoms with Gasteiger partial charge in [-0.1, -0.05) is 32.8 Å². The number of hydrogen-bond acceptors (Lipinski definition) is 4. The molecule has 0 bridgehead atoms. The minimum atomic E-state index is -0.108. The van der Waals surface area contributed by atoms with Gasteiger partial charge in [0, 0.05) is 31.3 Å². The van der Waals surface area contributed by atoms with Gasteiger partial charge in [-0.25, -0.2) is 0 Å². The second kappa shape index (κ2) is 8.79. The zero-order valence-corrected chi connectivity index (χ0v) is 17.5. The first-order valence-corrected chi connectivity index (χ1v) is 11.8. The lowest BCUT2D eigenvalue weighted by Crippen LogP contribution is -2.54. The van der Waals surface area contributed by atoms with Crippen molar-refractivity contribution in [3.63, 3.8) is 0 Å². The number of piperidine rings is 1. The summed E-state index contributed by atoms with van der Waals surface area (Å²) in [6, 6.07) is 3.86. The third kappa shape index (κ3) is 3.96. The summed E-state index contributed by atoms with van der Waals surface area (Å²) in [6.07, 6.45) is 5.99. The molecule has 0 unspecified atom stereocenters. The van der Waals surface area contributed by atoms with Crippen molar-refractivity contribution >= 4 is 34.9 Å². The summed E-state index contributed by atoms with van der Waals surface area (Å²) in [7, 11) is 0. The predicted molar refractivity (Wildman–Crippen MR) is 110 cm³/mol. The van der Waals surface area contributed by atoms with E-state index >= 15 is 0 Å². The Morgan fingerprint density at radius 3 is 2.62 bits per heavy atom. The summed E-state index contributed by atoms with van der Waals surface area (Å²) in [4.78, 5) is 30.7. The molecule has 0 saturated carbocycles. The van der Waals surface area contributed by atoms with Gasteiger partial charge in [0.15, 0.2) is 0 Å². The van der Waals surface area contributed by atoms with Crippen LogP contribution in [-0.2, 0) is 4.79 Å². The van der Waals surface area contributed by atoms with Gasteiger partial charge in [0.2, 0.25) is 5.91 Å². The summed E-state index contributed by atoms with van der Waals surface area (Å²) in [5.41, 5.74) is 0. The van der Waals surface area contributed by atoms with Crippen LogP contribution < -0.4 is 0 Å². The van der Waals surface area contributed by atoms with Crippen LogP contribution in [-0.4, -0.2) is 51.9 Å². The number of rotatable bonds is 6. The van der Waals surface area contributed by atoms with E-state index in [9.17, 15) is 9.59 Å². The van der Waals surface area contributed by atoms with E-state index in [-0.39, 0.29) is 16.7 Å². The zero-order chi connectivity index (χ0) is 18.6. The van der Waals surface area contributed by atoms with E-state index in [1.54, 1.807) is 0 Å². The Morgan fingerprint density at radius 1 is 1.23 bits per heavy atom. The maximum atomic E-state index is 12.9. The molecule has 0 N–H and O–H groups in total. The Hall–Kier alpha value is -1.01. The van der Waals surface area contributed by atoms with Crippen LogP contribution in [0.25, 0.3) is 0 Å². The fraction of sp³-hybridized carbons (Fsp3) is 0.700. The Morgan fingerprint density at radius 2 is 2.00 bits per heavy atom. The highest BCUT2D eigenvalue weighted by Crippen LogP contribution is 2.45. The van der Waals surface area contributed by atoms with Gasteiger partial charge in [0.25, 0.3) is 5.91 Å². The number of unbranched alkanes of at least 4 members (excludes halogenated alkanes) is 1. The second-order valence-electron chi connectivity index (χ2n) is 7.30. The van der Waals surface area contributed by atoms with Gasteiger partial charge in [-0.2, -0.15) is 0 Å². The van der Waals surface area contributed by atoms with E-state index < -0.39 is 0 Å². The minimum Gasteiger partial charge on any atom is -0.342 e. The van der Waals surface area contributed by atoms with Gasteiger partial charge >= 0.3 is 0 Å². The van der Waals surface area contributed by atoms with Crippen LogP contribution in [0.1, 0.15) is 62.0 Å². The lowest BCUT2D eigenvalue weighted by atomic mass is 9.95. The third-order valence-electron chi connectivity index (χ3n) is 5.76. The molecule has 0 aliphatic carbocycles. The highest BCUT2D eigenvalue weighted by molar-refractivity contribution is 8.00. The van der Waals surface area contributed by atoms with Crippen LogP contribution in [0.5, 0.6) is 0 Å². The van der Waals surface area contributed by atoms with Crippen molar-refractivity contribution in [3.05, 3.63) is 22.4 Å². The Balaban J connectivity index is 1.63. The quantitative estimate of drug-likeness (QED) is 0.715. The lowest BCUT2D eigenvalue weighted by molar-refractivity contribution is -0.137. The van der Waals surface area contributed by atoms with Crippen molar-refractivity contribution in [2.45, 2.75) is 57.2 Å². The SMILES string of the molecule is CCCC[C@H](CC)C(=O)N1CCC2(CC1)SCCN2C(=O)c1cccs1. The van der Waals surface area contributed by atoms with Crippen molar-refractivity contribution in [1.29, 1.82) is 0 Å². The number of thioether (sulfide) groups is 1. The maximum Gasteiger partial charge on any atom is 0.265 e. The molecule has 1 aromatic rings. The molecule has 0 radical (unpaired) electrons. The molecular formula is C20H30N2O2S2. The van der Waals surface area contributed by atoms with Crippen molar-refractivity contribution in [1.82, 2.24) is 9.80 Å². The molecule has 3 heterocycles. The minimum absolute atomic E-state index is 0.108. The van der Waals surface area contributed by atoms with Crippen molar-refractivity contribution in [2.24, 2.45) is 5.92 Å². The molecule has 4 nitrogen and oxygen atoms in total. The Bertz CT molecular complexity index is 609. The summed E-state index contributed by atoms with van der Waals surface area (Å²) < 4.78 is 0. The number of thiophene rings is 1. The summed E-state index contributed by atoms with van der Waals surface area (Å²) >= 11 is 3.43. The van der Waals surface area contributed by atoms with E-state index in [0.717, 1.165) is 68.8 Å². The molecule has 2 aliphatic heterocycles. The fourth-order valence-corrected chi connectivity index (χ4v) is 6.26. The van der Waals surface area contributed by atoms with Crippen LogP contribution in [0.2, 0.25) is 0 Å². The van der Waals surface area contributed by atoms with Crippen molar-refractivity contribution < 1.29 is 9.59 Å². The largest absolute Gasteiger partial charge is 0.342 e. The van der Waals surface area contributed by atoms with Gasteiger partial charge < -0.3 is 9.80 Å². The molecule has 1 spiro atoms. The van der Waals surface area contributed by atoms with E-state index in [2.05, 4.69) is 23.6 Å². The first-order valence-electron chi connectivity index (χ1n) is 9.89. The molecule has 3 rings (SSSR count). The highest BCUT2D eigenvalue weighted by atomic mass is 32.2. The summed E-state index contributed by atoms with van der Waals surface area (Å²) in [6.45, 7) is 6.69. The van der Waals surface area contributed by atoms with E-state index in [1.807, 2.05) is 29.3 Å². The first-order chi connectivity index (χ1) is 12.6. The summed E-state index contributed by atoms with van der Waals surface area (Å²) in [5.74, 6) is 1.66. The van der Waals surface area contributed by atoms with E-state index in [4.69, 9.17) is 0 Å². The number of nitrogens with zero attached hydrogens (tertiary/aromatic N) is 2. The molecule has 2 aliphatic rings. The van der Waals surface area contributed by atoms with Gasteiger partial charge in [-0.05, 0) is 37.1 Å². The van der Waals surface area contributed by atoms with E-state index in [1.165, 1.54) is 11.3 Å². The molecule has 26 heavy (non-hydrogen) atoms. The standard InChI is InChI=1S/C20H30N2O2S2/c1-3-5-7-16(4-2)18(23)21-11-9-20(10-12-21)22(13-15-26-20)19(24)17-8-6-14-25-17/h6,8,14,16H,3-5,7,9-13,15H2,1-2H3/t16-/m0/s1. The van der Waals surface area contributed by atoms with Gasteiger partial charge in [0.1, 0.15) is 0 Å². The number of carbonyl (C=O) groups is 2. The van der Waals surface area contributed by atoms with Crippen LogP contribution in [0.4, 0.5) is 0 Å². The molecule has 1 atom stereocenters. The maximum absolute atomic E-state index is 12.9. The Kier molecular flexibility index (Phi) is 6.67. The topological polar surface area (TPSA) is 40.6 Å². The number of carbonyl (C=O) groups excluding carboxylic acids is 2. The normalized spacial score (nSPS) is 20.5. The molecule has 6 heteroatoms.